The van der Waals surface area contributed by atoms with Crippen LogP contribution in [0.25, 0.3) is 5.76 Å². The molecule has 1 fully saturated rings. The highest BCUT2D eigenvalue weighted by Crippen LogP contribution is 2.46. The van der Waals surface area contributed by atoms with Gasteiger partial charge < -0.3 is 14.6 Å². The summed E-state index contributed by atoms with van der Waals surface area (Å²) in [4.78, 5) is 27.5. The maximum absolute atomic E-state index is 14.1. The van der Waals surface area contributed by atoms with Crippen LogP contribution in [0.5, 0.6) is 11.5 Å². The van der Waals surface area contributed by atoms with E-state index < -0.39 is 29.3 Å². The van der Waals surface area contributed by atoms with Crippen molar-refractivity contribution in [1.82, 2.24) is 0 Å². The Morgan fingerprint density at radius 3 is 2.26 bits per heavy atom. The second-order valence-electron chi connectivity index (χ2n) is 7.36. The maximum atomic E-state index is 14.1. The molecule has 34 heavy (non-hydrogen) atoms. The smallest absolute Gasteiger partial charge is 0.300 e. The van der Waals surface area contributed by atoms with Crippen LogP contribution in [0.15, 0.2) is 66.2 Å². The van der Waals surface area contributed by atoms with Crippen LogP contribution in [0.1, 0.15) is 17.2 Å². The van der Waals surface area contributed by atoms with Crippen LogP contribution >= 0.6 is 23.2 Å². The lowest BCUT2D eigenvalue weighted by atomic mass is 9.94. The molecular formula is C25H18Cl2FNO5. The van der Waals surface area contributed by atoms with Crippen LogP contribution in [0.3, 0.4) is 0 Å². The first-order valence-corrected chi connectivity index (χ1v) is 10.8. The Bertz CT molecular complexity index is 1320. The molecule has 1 aliphatic rings. The monoisotopic (exact) mass is 501 g/mol. The quantitative estimate of drug-likeness (QED) is 0.272. The minimum Gasteiger partial charge on any atom is -0.507 e. The van der Waals surface area contributed by atoms with Crippen molar-refractivity contribution in [2.75, 3.05) is 19.1 Å². The highest BCUT2D eigenvalue weighted by Gasteiger charge is 2.48. The first-order valence-electron chi connectivity index (χ1n) is 10.0. The number of ketones is 1. The van der Waals surface area contributed by atoms with Gasteiger partial charge in [-0.3, -0.25) is 14.5 Å². The minimum atomic E-state index is -1.11. The van der Waals surface area contributed by atoms with Gasteiger partial charge in [-0.15, -0.1) is 0 Å². The number of benzene rings is 3. The van der Waals surface area contributed by atoms with Crippen molar-refractivity contribution < 1.29 is 28.6 Å². The number of halogens is 3. The van der Waals surface area contributed by atoms with E-state index in [0.29, 0.717) is 11.3 Å². The molecule has 0 aromatic heterocycles. The van der Waals surface area contributed by atoms with Gasteiger partial charge in [-0.2, -0.15) is 0 Å². The van der Waals surface area contributed by atoms with Gasteiger partial charge in [-0.25, -0.2) is 4.39 Å². The van der Waals surface area contributed by atoms with E-state index in [1.54, 1.807) is 24.3 Å². The third kappa shape index (κ3) is 3.97. The SMILES string of the molecule is COc1ccccc1C1/C(=C(\O)c2cc(Cl)c(OC)c(Cl)c2)C(=O)C(=O)N1c1cccc(F)c1. The Morgan fingerprint density at radius 2 is 1.65 bits per heavy atom. The Hall–Kier alpha value is -3.55. The predicted octanol–water partition coefficient (Wildman–Crippen LogP) is 5.78. The predicted molar refractivity (Wildman–Crippen MR) is 127 cm³/mol. The van der Waals surface area contributed by atoms with E-state index in [1.807, 2.05) is 0 Å². The highest BCUT2D eigenvalue weighted by molar-refractivity contribution is 6.52. The van der Waals surface area contributed by atoms with Crippen molar-refractivity contribution >= 4 is 46.3 Å². The van der Waals surface area contributed by atoms with E-state index in [0.717, 1.165) is 11.0 Å². The Morgan fingerprint density at radius 1 is 0.971 bits per heavy atom. The van der Waals surface area contributed by atoms with Gasteiger partial charge in [0.25, 0.3) is 11.7 Å². The second-order valence-corrected chi connectivity index (χ2v) is 8.18. The number of hydrogen-bond acceptors (Lipinski definition) is 5. The summed E-state index contributed by atoms with van der Waals surface area (Å²) in [6.45, 7) is 0. The van der Waals surface area contributed by atoms with Gasteiger partial charge in [0.15, 0.2) is 5.75 Å². The number of carbonyl (C=O) groups is 2. The van der Waals surface area contributed by atoms with Crippen LogP contribution in [0.4, 0.5) is 10.1 Å². The maximum Gasteiger partial charge on any atom is 0.300 e. The molecule has 1 unspecified atom stereocenters. The molecule has 4 rings (SSSR count). The number of para-hydroxylation sites is 1. The molecule has 1 heterocycles. The molecule has 0 radical (unpaired) electrons. The van der Waals surface area contributed by atoms with Gasteiger partial charge in [0.05, 0.1) is 35.9 Å². The highest BCUT2D eigenvalue weighted by atomic mass is 35.5. The topological polar surface area (TPSA) is 76.1 Å². The summed E-state index contributed by atoms with van der Waals surface area (Å²) in [5, 5.41) is 11.4. The zero-order valence-corrected chi connectivity index (χ0v) is 19.5. The van der Waals surface area contributed by atoms with E-state index in [2.05, 4.69) is 0 Å². The fourth-order valence-corrected chi connectivity index (χ4v) is 4.60. The van der Waals surface area contributed by atoms with Crippen molar-refractivity contribution in [2.45, 2.75) is 6.04 Å². The second kappa shape index (κ2) is 9.37. The van der Waals surface area contributed by atoms with E-state index in [1.165, 1.54) is 44.6 Å². The third-order valence-corrected chi connectivity index (χ3v) is 6.00. The molecule has 3 aromatic carbocycles. The van der Waals surface area contributed by atoms with E-state index in [4.69, 9.17) is 32.7 Å². The summed E-state index contributed by atoms with van der Waals surface area (Å²) < 4.78 is 24.6. The molecule has 3 aromatic rings. The van der Waals surface area contributed by atoms with Crippen LogP contribution in [-0.4, -0.2) is 31.0 Å². The number of rotatable bonds is 5. The first kappa shape index (κ1) is 23.6. The molecule has 9 heteroatoms. The molecule has 1 N–H and O–H groups in total. The van der Waals surface area contributed by atoms with Crippen LogP contribution < -0.4 is 14.4 Å². The standard InChI is InChI=1S/C25H18Cl2FNO5/c1-33-19-9-4-3-8-16(19)21-20(22(30)13-10-17(26)24(34-2)18(27)11-13)23(31)25(32)29(21)15-7-5-6-14(28)12-15/h3-12,21,30H,1-2H3/b22-20+. The lowest BCUT2D eigenvalue weighted by Crippen LogP contribution is -2.29. The zero-order chi connectivity index (χ0) is 24.6. The van der Waals surface area contributed by atoms with E-state index in [-0.39, 0.29) is 32.6 Å². The minimum absolute atomic E-state index is 0.102. The summed E-state index contributed by atoms with van der Waals surface area (Å²) in [5.74, 6) is -2.42. The summed E-state index contributed by atoms with van der Waals surface area (Å²) in [6, 6.07) is 13.6. The fourth-order valence-electron chi connectivity index (χ4n) is 3.96. The largest absolute Gasteiger partial charge is 0.507 e. The molecule has 1 saturated heterocycles. The number of methoxy groups -OCH3 is 2. The van der Waals surface area contributed by atoms with Crippen molar-refractivity contribution in [1.29, 1.82) is 0 Å². The molecule has 0 bridgehead atoms. The van der Waals surface area contributed by atoms with Crippen LogP contribution in [0, 0.1) is 5.82 Å². The number of aliphatic hydroxyl groups is 1. The number of nitrogens with zero attached hydrogens (tertiary/aromatic N) is 1. The zero-order valence-electron chi connectivity index (χ0n) is 18.0. The van der Waals surface area contributed by atoms with Gasteiger partial charge in [-0.1, -0.05) is 47.5 Å². The lowest BCUT2D eigenvalue weighted by molar-refractivity contribution is -0.132. The van der Waals surface area contributed by atoms with Crippen molar-refractivity contribution in [3.63, 3.8) is 0 Å². The van der Waals surface area contributed by atoms with Gasteiger partial charge >= 0.3 is 0 Å². The average Bonchev–Trinajstić information content (AvgIpc) is 3.08. The normalized spacial score (nSPS) is 17.2. The van der Waals surface area contributed by atoms with Gasteiger partial charge in [0, 0.05) is 16.8 Å². The summed E-state index contributed by atoms with van der Waals surface area (Å²) in [7, 11) is 2.83. The molecule has 0 aliphatic carbocycles. The molecule has 1 amide bonds. The Kier molecular flexibility index (Phi) is 6.50. The Balaban J connectivity index is 2.00. The van der Waals surface area contributed by atoms with Crippen LogP contribution in [-0.2, 0) is 9.59 Å². The molecule has 1 atom stereocenters. The average molecular weight is 502 g/mol. The summed E-state index contributed by atoms with van der Waals surface area (Å²) >= 11 is 12.5. The summed E-state index contributed by atoms with van der Waals surface area (Å²) in [6.07, 6.45) is 0. The number of carbonyl (C=O) groups excluding carboxylic acids is 2. The molecule has 0 spiro atoms. The molecule has 174 valence electrons. The third-order valence-electron chi connectivity index (χ3n) is 5.44. The molecule has 1 aliphatic heterocycles. The number of amides is 1. The lowest BCUT2D eigenvalue weighted by Gasteiger charge is -2.26. The first-order chi connectivity index (χ1) is 16.3. The number of ether oxygens (including phenoxy) is 2. The van der Waals surface area contributed by atoms with Crippen molar-refractivity contribution in [2.24, 2.45) is 0 Å². The molecular weight excluding hydrogens is 484 g/mol. The van der Waals surface area contributed by atoms with Crippen LogP contribution in [0.2, 0.25) is 10.0 Å². The number of aliphatic hydroxyl groups excluding tert-OH is 1. The molecule has 0 saturated carbocycles. The van der Waals surface area contributed by atoms with E-state index >= 15 is 0 Å². The number of hydrogen-bond donors (Lipinski definition) is 1. The van der Waals surface area contributed by atoms with Gasteiger partial charge in [0.2, 0.25) is 0 Å². The molecule has 6 nitrogen and oxygen atoms in total. The van der Waals surface area contributed by atoms with Gasteiger partial charge in [-0.05, 0) is 36.4 Å². The van der Waals surface area contributed by atoms with Crippen molar-refractivity contribution in [3.05, 3.63) is 93.2 Å². The van der Waals surface area contributed by atoms with E-state index in [9.17, 15) is 19.1 Å². The number of anilines is 1. The fraction of sp³-hybridized carbons (Fsp3) is 0.120. The van der Waals surface area contributed by atoms with Gasteiger partial charge in [0.1, 0.15) is 17.3 Å². The Labute approximate surface area is 204 Å². The summed E-state index contributed by atoms with van der Waals surface area (Å²) in [5.41, 5.74) is 0.438. The van der Waals surface area contributed by atoms with Crippen molar-refractivity contribution in [3.8, 4) is 11.5 Å². The number of Topliss-reactive ketones (excluding diaryl/α,β-unsaturated/α-hetero) is 1.